The highest BCUT2D eigenvalue weighted by molar-refractivity contribution is 5.83. The van der Waals surface area contributed by atoms with Gasteiger partial charge in [-0.1, -0.05) is 12.1 Å². The standard InChI is InChI=1S/C14H18N2O2/c1-17-11-6-4-10(5-7-11)13-9-18-14(16-13)12-3-2-8-15-12/h4-7,12-13,15H,2-3,8-9H2,1H3. The zero-order valence-corrected chi connectivity index (χ0v) is 10.6. The van der Waals surface area contributed by atoms with Gasteiger partial charge in [-0.25, -0.2) is 4.99 Å². The van der Waals surface area contributed by atoms with E-state index < -0.39 is 0 Å². The highest BCUT2D eigenvalue weighted by atomic mass is 16.5. The van der Waals surface area contributed by atoms with Crippen molar-refractivity contribution in [1.29, 1.82) is 0 Å². The third kappa shape index (κ3) is 2.20. The minimum atomic E-state index is 0.133. The summed E-state index contributed by atoms with van der Waals surface area (Å²) in [5.74, 6) is 1.76. The van der Waals surface area contributed by atoms with Crippen molar-refractivity contribution in [3.8, 4) is 5.75 Å². The average molecular weight is 246 g/mol. The zero-order valence-electron chi connectivity index (χ0n) is 10.6. The van der Waals surface area contributed by atoms with Crippen LogP contribution in [-0.4, -0.2) is 32.2 Å². The maximum Gasteiger partial charge on any atom is 0.201 e. The normalized spacial score (nSPS) is 26.8. The Morgan fingerprint density at radius 2 is 2.17 bits per heavy atom. The quantitative estimate of drug-likeness (QED) is 0.886. The van der Waals surface area contributed by atoms with Gasteiger partial charge >= 0.3 is 0 Å². The Balaban J connectivity index is 1.73. The summed E-state index contributed by atoms with van der Waals surface area (Å²) in [6.45, 7) is 1.72. The van der Waals surface area contributed by atoms with Crippen LogP contribution < -0.4 is 10.1 Å². The molecule has 0 amide bonds. The van der Waals surface area contributed by atoms with Crippen LogP contribution in [0.1, 0.15) is 24.4 Å². The molecule has 2 aliphatic heterocycles. The molecule has 4 heteroatoms. The van der Waals surface area contributed by atoms with Crippen molar-refractivity contribution in [3.05, 3.63) is 29.8 Å². The highest BCUT2D eigenvalue weighted by Crippen LogP contribution is 2.26. The number of hydrogen-bond acceptors (Lipinski definition) is 4. The van der Waals surface area contributed by atoms with Gasteiger partial charge < -0.3 is 14.8 Å². The van der Waals surface area contributed by atoms with E-state index in [-0.39, 0.29) is 6.04 Å². The summed E-state index contributed by atoms with van der Waals surface area (Å²) in [5.41, 5.74) is 1.18. The zero-order chi connectivity index (χ0) is 12.4. The number of nitrogens with zero attached hydrogens (tertiary/aromatic N) is 1. The SMILES string of the molecule is COc1ccc(C2COC(C3CCCN3)=N2)cc1. The Morgan fingerprint density at radius 3 is 2.83 bits per heavy atom. The van der Waals surface area contributed by atoms with Gasteiger partial charge in [-0.3, -0.25) is 0 Å². The van der Waals surface area contributed by atoms with E-state index in [1.54, 1.807) is 7.11 Å². The van der Waals surface area contributed by atoms with Crippen LogP contribution in [0.5, 0.6) is 5.75 Å². The molecule has 1 saturated heterocycles. The number of hydrogen-bond donors (Lipinski definition) is 1. The van der Waals surface area contributed by atoms with Gasteiger partial charge in [0, 0.05) is 0 Å². The van der Waals surface area contributed by atoms with Crippen LogP contribution >= 0.6 is 0 Å². The third-order valence-corrected chi connectivity index (χ3v) is 3.53. The lowest BCUT2D eigenvalue weighted by atomic mass is 10.1. The minimum absolute atomic E-state index is 0.133. The van der Waals surface area contributed by atoms with Crippen molar-refractivity contribution in [3.63, 3.8) is 0 Å². The summed E-state index contributed by atoms with van der Waals surface area (Å²) >= 11 is 0. The van der Waals surface area contributed by atoms with Gasteiger partial charge in [-0.2, -0.15) is 0 Å². The van der Waals surface area contributed by atoms with Gasteiger partial charge in [-0.15, -0.1) is 0 Å². The molecule has 2 heterocycles. The van der Waals surface area contributed by atoms with Gasteiger partial charge in [0.05, 0.1) is 13.2 Å². The van der Waals surface area contributed by atoms with E-state index in [1.807, 2.05) is 12.1 Å². The summed E-state index contributed by atoms with van der Waals surface area (Å²) in [6.07, 6.45) is 2.34. The fraction of sp³-hybridized carbons (Fsp3) is 0.500. The first-order valence-corrected chi connectivity index (χ1v) is 6.44. The number of benzene rings is 1. The molecule has 1 fully saturated rings. The lowest BCUT2D eigenvalue weighted by Crippen LogP contribution is -2.30. The van der Waals surface area contributed by atoms with E-state index in [1.165, 1.54) is 12.0 Å². The monoisotopic (exact) mass is 246 g/mol. The number of aliphatic imine (C=N–C) groups is 1. The topological polar surface area (TPSA) is 42.9 Å². The first kappa shape index (κ1) is 11.5. The van der Waals surface area contributed by atoms with E-state index in [0.717, 1.165) is 24.6 Å². The molecule has 96 valence electrons. The molecule has 0 saturated carbocycles. The largest absolute Gasteiger partial charge is 0.497 e. The summed E-state index contributed by atoms with van der Waals surface area (Å²) in [6, 6.07) is 8.51. The van der Waals surface area contributed by atoms with Crippen LogP contribution in [0.3, 0.4) is 0 Å². The average Bonchev–Trinajstić information content (AvgIpc) is 3.09. The molecule has 2 atom stereocenters. The molecular formula is C14H18N2O2. The third-order valence-electron chi connectivity index (χ3n) is 3.53. The maximum absolute atomic E-state index is 5.72. The van der Waals surface area contributed by atoms with Crippen LogP contribution in [0.25, 0.3) is 0 Å². The Hall–Kier alpha value is -1.55. The molecule has 1 N–H and O–H groups in total. The minimum Gasteiger partial charge on any atom is -0.497 e. The molecule has 4 nitrogen and oxygen atoms in total. The fourth-order valence-corrected chi connectivity index (χ4v) is 2.48. The smallest absolute Gasteiger partial charge is 0.201 e. The first-order chi connectivity index (χ1) is 8.86. The molecule has 0 aliphatic carbocycles. The molecule has 2 unspecified atom stereocenters. The molecule has 0 bridgehead atoms. The van der Waals surface area contributed by atoms with Crippen molar-refractivity contribution in [2.45, 2.75) is 24.9 Å². The lowest BCUT2D eigenvalue weighted by molar-refractivity contribution is 0.304. The summed E-state index contributed by atoms with van der Waals surface area (Å²) in [7, 11) is 1.68. The molecule has 0 spiro atoms. The van der Waals surface area contributed by atoms with Crippen LogP contribution in [0, 0.1) is 0 Å². The Morgan fingerprint density at radius 1 is 1.33 bits per heavy atom. The molecule has 0 radical (unpaired) electrons. The van der Waals surface area contributed by atoms with Gasteiger partial charge in [0.1, 0.15) is 18.4 Å². The summed E-state index contributed by atoms with van der Waals surface area (Å²) in [4.78, 5) is 4.69. The maximum atomic E-state index is 5.72. The van der Waals surface area contributed by atoms with Gasteiger partial charge in [0.2, 0.25) is 5.90 Å². The van der Waals surface area contributed by atoms with Gasteiger partial charge in [-0.05, 0) is 37.1 Å². The number of nitrogens with one attached hydrogen (secondary N) is 1. The Kier molecular flexibility index (Phi) is 3.19. The number of ether oxygens (including phenoxy) is 2. The van der Waals surface area contributed by atoms with E-state index in [0.29, 0.717) is 12.6 Å². The summed E-state index contributed by atoms with van der Waals surface area (Å²) < 4.78 is 10.9. The first-order valence-electron chi connectivity index (χ1n) is 6.44. The van der Waals surface area contributed by atoms with Crippen molar-refractivity contribution < 1.29 is 9.47 Å². The molecule has 3 rings (SSSR count). The van der Waals surface area contributed by atoms with Crippen LogP contribution in [-0.2, 0) is 4.74 Å². The van der Waals surface area contributed by atoms with E-state index >= 15 is 0 Å². The Bertz CT molecular complexity index is 436. The number of rotatable bonds is 3. The highest BCUT2D eigenvalue weighted by Gasteiger charge is 2.28. The molecule has 1 aromatic carbocycles. The van der Waals surface area contributed by atoms with Crippen molar-refractivity contribution in [2.75, 3.05) is 20.3 Å². The second-order valence-corrected chi connectivity index (χ2v) is 4.72. The molecule has 0 aromatic heterocycles. The lowest BCUT2D eigenvalue weighted by Gasteiger charge is -2.08. The molecule has 18 heavy (non-hydrogen) atoms. The van der Waals surface area contributed by atoms with Crippen molar-refractivity contribution >= 4 is 5.90 Å². The second-order valence-electron chi connectivity index (χ2n) is 4.72. The number of methoxy groups -OCH3 is 1. The van der Waals surface area contributed by atoms with E-state index in [4.69, 9.17) is 9.47 Å². The van der Waals surface area contributed by atoms with Gasteiger partial charge in [0.25, 0.3) is 0 Å². The fourth-order valence-electron chi connectivity index (χ4n) is 2.48. The second kappa shape index (κ2) is 4.98. The van der Waals surface area contributed by atoms with Gasteiger partial charge in [0.15, 0.2) is 0 Å². The van der Waals surface area contributed by atoms with Crippen molar-refractivity contribution in [2.24, 2.45) is 4.99 Å². The molecule has 2 aliphatic rings. The van der Waals surface area contributed by atoms with Crippen LogP contribution in [0.2, 0.25) is 0 Å². The Labute approximate surface area is 107 Å². The molecule has 1 aromatic rings. The van der Waals surface area contributed by atoms with Crippen LogP contribution in [0.4, 0.5) is 0 Å². The van der Waals surface area contributed by atoms with Crippen molar-refractivity contribution in [1.82, 2.24) is 5.32 Å². The summed E-state index contributed by atoms with van der Waals surface area (Å²) in [5, 5.41) is 3.41. The predicted octanol–water partition coefficient (Wildman–Crippen LogP) is 1.92. The molecular weight excluding hydrogens is 228 g/mol. The predicted molar refractivity (Wildman–Crippen MR) is 70.1 cm³/mol. The van der Waals surface area contributed by atoms with E-state index in [2.05, 4.69) is 22.4 Å². The van der Waals surface area contributed by atoms with E-state index in [9.17, 15) is 0 Å². The van der Waals surface area contributed by atoms with Crippen LogP contribution in [0.15, 0.2) is 29.3 Å².